The number of nitrogen functional groups attached to an aromatic ring is 1. The summed E-state index contributed by atoms with van der Waals surface area (Å²) in [7, 11) is 0. The van der Waals surface area contributed by atoms with Crippen molar-refractivity contribution >= 4 is 5.69 Å². The second kappa shape index (κ2) is 7.33. The normalized spacial score (nSPS) is 15.5. The van der Waals surface area contributed by atoms with Crippen LogP contribution in [-0.4, -0.2) is 37.7 Å². The van der Waals surface area contributed by atoms with Crippen LogP contribution in [0.25, 0.3) is 0 Å². The van der Waals surface area contributed by atoms with Crippen molar-refractivity contribution in [2.45, 2.75) is 26.2 Å². The van der Waals surface area contributed by atoms with Crippen LogP contribution in [0.15, 0.2) is 12.1 Å². The maximum atomic E-state index is 13.7. The SMILES string of the molecule is CCCOc1cc(OCCN2CCCC2)c(N)cc1F. The van der Waals surface area contributed by atoms with Gasteiger partial charge in [0.05, 0.1) is 12.3 Å². The third kappa shape index (κ3) is 4.00. The molecule has 1 aromatic carbocycles. The maximum Gasteiger partial charge on any atom is 0.167 e. The second-order valence-electron chi connectivity index (χ2n) is 5.07. The average Bonchev–Trinajstić information content (AvgIpc) is 2.93. The molecular formula is C15H23FN2O2. The Kier molecular flexibility index (Phi) is 5.47. The predicted octanol–water partition coefficient (Wildman–Crippen LogP) is 2.67. The molecule has 20 heavy (non-hydrogen) atoms. The van der Waals surface area contributed by atoms with E-state index in [1.165, 1.54) is 18.9 Å². The van der Waals surface area contributed by atoms with E-state index in [1.54, 1.807) is 6.07 Å². The Hall–Kier alpha value is -1.49. The predicted molar refractivity (Wildman–Crippen MR) is 77.8 cm³/mol. The summed E-state index contributed by atoms with van der Waals surface area (Å²) in [6.45, 7) is 6.15. The third-order valence-corrected chi connectivity index (χ3v) is 3.39. The molecule has 0 radical (unpaired) electrons. The van der Waals surface area contributed by atoms with Gasteiger partial charge in [0, 0.05) is 18.7 Å². The van der Waals surface area contributed by atoms with Crippen molar-refractivity contribution in [2.75, 3.05) is 38.6 Å². The summed E-state index contributed by atoms with van der Waals surface area (Å²) in [5.74, 6) is 0.261. The summed E-state index contributed by atoms with van der Waals surface area (Å²) in [5.41, 5.74) is 6.09. The number of nitrogens with zero attached hydrogens (tertiary/aromatic N) is 1. The van der Waals surface area contributed by atoms with E-state index >= 15 is 0 Å². The molecule has 1 aromatic rings. The first-order chi connectivity index (χ1) is 9.70. The summed E-state index contributed by atoms with van der Waals surface area (Å²) < 4.78 is 24.7. The summed E-state index contributed by atoms with van der Waals surface area (Å²) in [5, 5.41) is 0. The standard InChI is InChI=1S/C15H23FN2O2/c1-2-8-19-14-11-15(13(17)10-12(14)16)20-9-7-18-5-3-4-6-18/h10-11H,2-9,17H2,1H3. The highest BCUT2D eigenvalue weighted by Crippen LogP contribution is 2.30. The quantitative estimate of drug-likeness (QED) is 0.781. The fourth-order valence-corrected chi connectivity index (χ4v) is 2.29. The molecule has 0 aliphatic carbocycles. The summed E-state index contributed by atoms with van der Waals surface area (Å²) in [6, 6.07) is 2.81. The highest BCUT2D eigenvalue weighted by atomic mass is 19.1. The van der Waals surface area contributed by atoms with Crippen LogP contribution in [0, 0.1) is 5.82 Å². The van der Waals surface area contributed by atoms with Crippen LogP contribution in [0.1, 0.15) is 26.2 Å². The molecule has 1 aliphatic heterocycles. The van der Waals surface area contributed by atoms with Crippen LogP contribution in [0.2, 0.25) is 0 Å². The molecule has 0 aromatic heterocycles. The number of halogens is 1. The molecule has 2 rings (SSSR count). The number of hydrogen-bond donors (Lipinski definition) is 1. The minimum atomic E-state index is -0.442. The molecule has 1 heterocycles. The Balaban J connectivity index is 1.91. The largest absolute Gasteiger partial charge is 0.490 e. The molecule has 4 nitrogen and oxygen atoms in total. The van der Waals surface area contributed by atoms with Crippen molar-refractivity contribution < 1.29 is 13.9 Å². The van der Waals surface area contributed by atoms with E-state index in [9.17, 15) is 4.39 Å². The summed E-state index contributed by atoms with van der Waals surface area (Å²) >= 11 is 0. The first kappa shape index (κ1) is 14.9. The lowest BCUT2D eigenvalue weighted by Gasteiger charge is -2.16. The van der Waals surface area contributed by atoms with E-state index in [-0.39, 0.29) is 5.75 Å². The molecule has 0 atom stereocenters. The fourth-order valence-electron chi connectivity index (χ4n) is 2.29. The van der Waals surface area contributed by atoms with Crippen LogP contribution in [0.4, 0.5) is 10.1 Å². The number of likely N-dealkylation sites (tertiary alicyclic amines) is 1. The molecule has 1 saturated heterocycles. The van der Waals surface area contributed by atoms with Crippen LogP contribution >= 0.6 is 0 Å². The van der Waals surface area contributed by atoms with E-state index in [4.69, 9.17) is 15.2 Å². The van der Waals surface area contributed by atoms with Gasteiger partial charge in [-0.15, -0.1) is 0 Å². The summed E-state index contributed by atoms with van der Waals surface area (Å²) in [4.78, 5) is 2.36. The molecule has 0 bridgehead atoms. The third-order valence-electron chi connectivity index (χ3n) is 3.39. The van der Waals surface area contributed by atoms with Gasteiger partial charge in [0.2, 0.25) is 0 Å². The highest BCUT2D eigenvalue weighted by molar-refractivity contribution is 5.56. The van der Waals surface area contributed by atoms with Gasteiger partial charge in [-0.25, -0.2) is 4.39 Å². The van der Waals surface area contributed by atoms with Crippen molar-refractivity contribution in [1.29, 1.82) is 0 Å². The monoisotopic (exact) mass is 282 g/mol. The zero-order chi connectivity index (χ0) is 14.4. The molecule has 1 fully saturated rings. The van der Waals surface area contributed by atoms with E-state index in [1.807, 2.05) is 6.92 Å². The second-order valence-corrected chi connectivity index (χ2v) is 5.07. The van der Waals surface area contributed by atoms with Gasteiger partial charge in [-0.05, 0) is 32.4 Å². The first-order valence-electron chi connectivity index (χ1n) is 7.27. The molecule has 5 heteroatoms. The lowest BCUT2D eigenvalue weighted by molar-refractivity contribution is 0.236. The number of rotatable bonds is 7. The molecule has 0 amide bonds. The van der Waals surface area contributed by atoms with E-state index in [2.05, 4.69) is 4.90 Å². The minimum Gasteiger partial charge on any atom is -0.490 e. The number of nitrogens with two attached hydrogens (primary N) is 1. The average molecular weight is 282 g/mol. The van der Waals surface area contributed by atoms with Gasteiger partial charge in [0.15, 0.2) is 11.6 Å². The Labute approximate surface area is 119 Å². The van der Waals surface area contributed by atoms with Crippen LogP contribution < -0.4 is 15.2 Å². The van der Waals surface area contributed by atoms with E-state index < -0.39 is 5.82 Å². The van der Waals surface area contributed by atoms with E-state index in [0.717, 1.165) is 26.1 Å². The van der Waals surface area contributed by atoms with Crippen molar-refractivity contribution in [2.24, 2.45) is 0 Å². The zero-order valence-electron chi connectivity index (χ0n) is 12.0. The van der Waals surface area contributed by atoms with Gasteiger partial charge in [0.25, 0.3) is 0 Å². The Morgan fingerprint density at radius 2 is 1.85 bits per heavy atom. The molecular weight excluding hydrogens is 259 g/mol. The number of hydrogen-bond acceptors (Lipinski definition) is 4. The summed E-state index contributed by atoms with van der Waals surface area (Å²) in [6.07, 6.45) is 3.34. The zero-order valence-corrected chi connectivity index (χ0v) is 12.0. The van der Waals surface area contributed by atoms with Gasteiger partial charge in [0.1, 0.15) is 12.4 Å². The number of ether oxygens (including phenoxy) is 2. The molecule has 0 unspecified atom stereocenters. The van der Waals surface area contributed by atoms with Crippen molar-refractivity contribution in [3.63, 3.8) is 0 Å². The van der Waals surface area contributed by atoms with Crippen LogP contribution in [-0.2, 0) is 0 Å². The lowest BCUT2D eigenvalue weighted by Crippen LogP contribution is -2.25. The first-order valence-corrected chi connectivity index (χ1v) is 7.27. The smallest absolute Gasteiger partial charge is 0.167 e. The molecule has 2 N–H and O–H groups in total. The fraction of sp³-hybridized carbons (Fsp3) is 0.600. The number of benzene rings is 1. The van der Waals surface area contributed by atoms with Gasteiger partial charge >= 0.3 is 0 Å². The highest BCUT2D eigenvalue weighted by Gasteiger charge is 2.13. The van der Waals surface area contributed by atoms with Gasteiger partial charge in [-0.2, -0.15) is 0 Å². The number of anilines is 1. The molecule has 0 spiro atoms. The van der Waals surface area contributed by atoms with E-state index in [0.29, 0.717) is 24.7 Å². The van der Waals surface area contributed by atoms with Crippen LogP contribution in [0.3, 0.4) is 0 Å². The minimum absolute atomic E-state index is 0.206. The Morgan fingerprint density at radius 1 is 1.15 bits per heavy atom. The maximum absolute atomic E-state index is 13.7. The van der Waals surface area contributed by atoms with Crippen molar-refractivity contribution in [1.82, 2.24) is 4.90 Å². The van der Waals surface area contributed by atoms with Crippen molar-refractivity contribution in [3.05, 3.63) is 17.9 Å². The Morgan fingerprint density at radius 3 is 2.55 bits per heavy atom. The Bertz CT molecular complexity index is 434. The topological polar surface area (TPSA) is 47.7 Å². The van der Waals surface area contributed by atoms with Gasteiger partial charge < -0.3 is 15.2 Å². The lowest BCUT2D eigenvalue weighted by atomic mass is 10.2. The van der Waals surface area contributed by atoms with Gasteiger partial charge in [-0.1, -0.05) is 6.92 Å². The molecule has 0 saturated carbocycles. The van der Waals surface area contributed by atoms with Gasteiger partial charge in [-0.3, -0.25) is 4.90 Å². The van der Waals surface area contributed by atoms with Crippen LogP contribution in [0.5, 0.6) is 11.5 Å². The molecule has 1 aliphatic rings. The van der Waals surface area contributed by atoms with Crippen molar-refractivity contribution in [3.8, 4) is 11.5 Å². The molecule has 112 valence electrons.